The quantitative estimate of drug-likeness (QED) is 0.161. The van der Waals surface area contributed by atoms with Crippen molar-refractivity contribution in [3.8, 4) is 44.5 Å². The Labute approximate surface area is 353 Å². The molecule has 2 aromatic heterocycles. The van der Waals surface area contributed by atoms with Crippen molar-refractivity contribution in [2.75, 3.05) is 4.90 Å². The second-order valence-electron chi connectivity index (χ2n) is 15.6. The highest BCUT2D eigenvalue weighted by Gasteiger charge is 2.25. The maximum Gasteiger partial charge on any atom is 0.136 e. The van der Waals surface area contributed by atoms with E-state index in [2.05, 4.69) is 205 Å². The molecule has 0 aliphatic carbocycles. The Kier molecular flexibility index (Phi) is 8.17. The highest BCUT2D eigenvalue weighted by atomic mass is 16.3. The van der Waals surface area contributed by atoms with Gasteiger partial charge in [-0.3, -0.25) is 0 Å². The lowest BCUT2D eigenvalue weighted by Crippen LogP contribution is -2.13. The molecule has 12 aromatic rings. The van der Waals surface area contributed by atoms with E-state index in [0.29, 0.717) is 0 Å². The lowest BCUT2D eigenvalue weighted by Gasteiger charge is -2.32. The van der Waals surface area contributed by atoms with Crippen molar-refractivity contribution >= 4 is 71.7 Å². The first-order valence-corrected chi connectivity index (χ1v) is 20.7. The van der Waals surface area contributed by atoms with Gasteiger partial charge in [0.2, 0.25) is 0 Å². The van der Waals surface area contributed by atoms with Crippen molar-refractivity contribution in [3.05, 3.63) is 224 Å². The van der Waals surface area contributed by atoms with E-state index in [1.807, 2.05) is 24.3 Å². The zero-order valence-corrected chi connectivity index (χ0v) is 33.1. The molecule has 0 spiro atoms. The van der Waals surface area contributed by atoms with E-state index in [1.165, 1.54) is 27.5 Å². The van der Waals surface area contributed by atoms with Gasteiger partial charge in [0, 0.05) is 38.2 Å². The Morgan fingerprint density at radius 1 is 0.262 bits per heavy atom. The van der Waals surface area contributed by atoms with Gasteiger partial charge >= 0.3 is 0 Å². The Morgan fingerprint density at radius 2 is 0.738 bits per heavy atom. The fourth-order valence-electron chi connectivity index (χ4n) is 9.32. The molecule has 0 saturated carbocycles. The summed E-state index contributed by atoms with van der Waals surface area (Å²) in [4.78, 5) is 2.46. The summed E-state index contributed by atoms with van der Waals surface area (Å²) in [6.07, 6.45) is 0. The van der Waals surface area contributed by atoms with E-state index in [4.69, 9.17) is 8.83 Å². The SMILES string of the molecule is c1ccc(-c2cccc3cccc(-c4ccccc4N(c4ccccc4-c4ccc5c(c4)oc4ccccc45)c4ccccc4-c4ccc5oc6ccccc6c5c4)c23)cc1. The van der Waals surface area contributed by atoms with Crippen LogP contribution < -0.4 is 4.90 Å². The van der Waals surface area contributed by atoms with Crippen LogP contribution in [0.25, 0.3) is 99.2 Å². The normalized spacial score (nSPS) is 11.6. The van der Waals surface area contributed by atoms with Crippen molar-refractivity contribution in [1.29, 1.82) is 0 Å². The molecule has 2 heterocycles. The van der Waals surface area contributed by atoms with Crippen LogP contribution in [0.15, 0.2) is 233 Å². The van der Waals surface area contributed by atoms with Gasteiger partial charge in [-0.2, -0.15) is 0 Å². The van der Waals surface area contributed by atoms with Gasteiger partial charge in [0.15, 0.2) is 0 Å². The molecule has 3 nitrogen and oxygen atoms in total. The Bertz CT molecular complexity index is 3610. The van der Waals surface area contributed by atoms with Crippen LogP contribution in [0.3, 0.4) is 0 Å². The summed E-state index contributed by atoms with van der Waals surface area (Å²) in [5.74, 6) is 0. The summed E-state index contributed by atoms with van der Waals surface area (Å²) in [6.45, 7) is 0. The molecule has 0 aliphatic rings. The second-order valence-corrected chi connectivity index (χ2v) is 15.6. The summed E-state index contributed by atoms with van der Waals surface area (Å²) in [6, 6.07) is 80.2. The van der Waals surface area contributed by atoms with Crippen molar-refractivity contribution < 1.29 is 8.83 Å². The van der Waals surface area contributed by atoms with Crippen LogP contribution >= 0.6 is 0 Å². The Morgan fingerprint density at radius 3 is 1.44 bits per heavy atom. The topological polar surface area (TPSA) is 29.5 Å². The Hall–Kier alpha value is -8.14. The largest absolute Gasteiger partial charge is 0.456 e. The minimum absolute atomic E-state index is 0.866. The van der Waals surface area contributed by atoms with Crippen LogP contribution in [0, 0.1) is 0 Å². The predicted octanol–water partition coefficient (Wildman–Crippen LogP) is 16.8. The van der Waals surface area contributed by atoms with Gasteiger partial charge in [0.25, 0.3) is 0 Å². The second kappa shape index (κ2) is 14.3. The molecule has 0 N–H and O–H groups in total. The maximum atomic E-state index is 6.46. The van der Waals surface area contributed by atoms with Gasteiger partial charge in [0.05, 0.1) is 17.1 Å². The summed E-state index contributed by atoms with van der Waals surface area (Å²) >= 11 is 0. The first kappa shape index (κ1) is 34.9. The fourth-order valence-corrected chi connectivity index (χ4v) is 9.32. The maximum absolute atomic E-state index is 6.46. The summed E-state index contributed by atoms with van der Waals surface area (Å²) in [5.41, 5.74) is 15.8. The van der Waals surface area contributed by atoms with Gasteiger partial charge in [-0.25, -0.2) is 0 Å². The van der Waals surface area contributed by atoms with Crippen molar-refractivity contribution in [2.24, 2.45) is 0 Å². The van der Waals surface area contributed by atoms with Crippen LogP contribution in [-0.2, 0) is 0 Å². The number of benzene rings is 10. The monoisotopic (exact) mass is 779 g/mol. The smallest absolute Gasteiger partial charge is 0.136 e. The molecule has 61 heavy (non-hydrogen) atoms. The van der Waals surface area contributed by atoms with Crippen LogP contribution in [0.2, 0.25) is 0 Å². The number of nitrogens with zero attached hydrogens (tertiary/aromatic N) is 1. The average molecular weight is 780 g/mol. The van der Waals surface area contributed by atoms with E-state index in [0.717, 1.165) is 88.8 Å². The predicted molar refractivity (Wildman–Crippen MR) is 255 cm³/mol. The average Bonchev–Trinajstić information content (AvgIpc) is 3.90. The number of fused-ring (bicyclic) bond motifs is 7. The standard InChI is InChI=1S/C58H37NO2/c1-2-16-38(17-3-1)44-25-14-18-39-19-15-26-49(58(39)44)45-22-6-11-29-53(45)59(51-27-9-4-20-42(51)40-33-35-56-50(36-40)47-24-8-13-31-55(47)60-56)52-28-10-5-21-43(52)41-32-34-48-46-23-7-12-30-54(46)61-57(48)37-41/h1-37H. The number of hydrogen-bond donors (Lipinski definition) is 0. The van der Waals surface area contributed by atoms with E-state index in [9.17, 15) is 0 Å². The molecule has 0 aliphatic heterocycles. The minimum Gasteiger partial charge on any atom is -0.456 e. The third-order valence-electron chi connectivity index (χ3n) is 12.1. The molecule has 286 valence electrons. The van der Waals surface area contributed by atoms with Crippen molar-refractivity contribution in [2.45, 2.75) is 0 Å². The molecule has 10 aromatic carbocycles. The van der Waals surface area contributed by atoms with Gasteiger partial charge < -0.3 is 13.7 Å². The zero-order valence-electron chi connectivity index (χ0n) is 33.1. The number of anilines is 3. The van der Waals surface area contributed by atoms with Gasteiger partial charge in [0.1, 0.15) is 22.3 Å². The Balaban J connectivity index is 1.13. The molecule has 0 radical (unpaired) electrons. The van der Waals surface area contributed by atoms with Crippen LogP contribution in [0.4, 0.5) is 17.1 Å². The van der Waals surface area contributed by atoms with Crippen molar-refractivity contribution in [1.82, 2.24) is 0 Å². The van der Waals surface area contributed by atoms with Gasteiger partial charge in [-0.05, 0) is 93.2 Å². The fraction of sp³-hybridized carbons (Fsp3) is 0. The molecule has 3 heteroatoms. The lowest BCUT2D eigenvalue weighted by molar-refractivity contribution is 0.668. The number of hydrogen-bond acceptors (Lipinski definition) is 3. The molecule has 0 unspecified atom stereocenters. The summed E-state index contributed by atoms with van der Waals surface area (Å²) in [5, 5.41) is 6.85. The van der Waals surface area contributed by atoms with Crippen LogP contribution in [-0.4, -0.2) is 0 Å². The molecule has 0 bridgehead atoms. The van der Waals surface area contributed by atoms with E-state index in [-0.39, 0.29) is 0 Å². The van der Waals surface area contributed by atoms with Crippen LogP contribution in [0.1, 0.15) is 0 Å². The van der Waals surface area contributed by atoms with Gasteiger partial charge in [-0.15, -0.1) is 0 Å². The number of para-hydroxylation sites is 5. The van der Waals surface area contributed by atoms with E-state index in [1.54, 1.807) is 0 Å². The molecule has 0 fully saturated rings. The van der Waals surface area contributed by atoms with E-state index < -0.39 is 0 Å². The third-order valence-corrected chi connectivity index (χ3v) is 12.1. The molecule has 12 rings (SSSR count). The van der Waals surface area contributed by atoms with E-state index >= 15 is 0 Å². The zero-order chi connectivity index (χ0) is 40.3. The van der Waals surface area contributed by atoms with Crippen molar-refractivity contribution in [3.63, 3.8) is 0 Å². The first-order chi connectivity index (χ1) is 30.3. The molecule has 0 saturated heterocycles. The summed E-state index contributed by atoms with van der Waals surface area (Å²) < 4.78 is 12.8. The molecule has 0 atom stereocenters. The molecule has 0 amide bonds. The third kappa shape index (κ3) is 5.82. The van der Waals surface area contributed by atoms with Crippen LogP contribution in [0.5, 0.6) is 0 Å². The van der Waals surface area contributed by atoms with Gasteiger partial charge in [-0.1, -0.05) is 170 Å². The number of furan rings is 2. The number of rotatable bonds is 7. The minimum atomic E-state index is 0.866. The molecular formula is C58H37NO2. The summed E-state index contributed by atoms with van der Waals surface area (Å²) in [7, 11) is 0. The lowest BCUT2D eigenvalue weighted by atomic mass is 9.90. The highest BCUT2D eigenvalue weighted by molar-refractivity contribution is 6.11. The first-order valence-electron chi connectivity index (χ1n) is 20.7. The molecular weight excluding hydrogens is 743 g/mol. The highest BCUT2D eigenvalue weighted by Crippen LogP contribution is 2.50.